The first-order valence-corrected chi connectivity index (χ1v) is 2.99. The van der Waals surface area contributed by atoms with E-state index in [0.717, 1.165) is 5.70 Å². The molecule has 0 bridgehead atoms. The van der Waals surface area contributed by atoms with Crippen molar-refractivity contribution in [3.05, 3.63) is 36.2 Å². The molecule has 0 radical (unpaired) electrons. The Morgan fingerprint density at radius 3 is 2.67 bits per heavy atom. The van der Waals surface area contributed by atoms with E-state index in [1.165, 1.54) is 5.57 Å². The number of rotatable bonds is 0. The van der Waals surface area contributed by atoms with Gasteiger partial charge < -0.3 is 4.90 Å². The summed E-state index contributed by atoms with van der Waals surface area (Å²) in [6, 6.07) is 0. The lowest BCUT2D eigenvalue weighted by Crippen LogP contribution is -2.11. The Morgan fingerprint density at radius 1 is 1.56 bits per heavy atom. The molecule has 0 atom stereocenters. The molecule has 0 aromatic rings. The van der Waals surface area contributed by atoms with Gasteiger partial charge in [0.15, 0.2) is 0 Å². The number of likely N-dealkylation sites (N-methyl/N-ethyl adjacent to an activating group) is 1. The van der Waals surface area contributed by atoms with Gasteiger partial charge in [-0.2, -0.15) is 0 Å². The third-order valence-corrected chi connectivity index (χ3v) is 1.54. The van der Waals surface area contributed by atoms with Crippen molar-refractivity contribution in [1.82, 2.24) is 4.90 Å². The van der Waals surface area contributed by atoms with Crippen LogP contribution < -0.4 is 0 Å². The average Bonchev–Trinajstić information content (AvgIpc) is 1.83. The van der Waals surface area contributed by atoms with Gasteiger partial charge in [0.25, 0.3) is 0 Å². The first-order chi connectivity index (χ1) is 4.22. The fourth-order valence-corrected chi connectivity index (χ4v) is 0.781. The van der Waals surface area contributed by atoms with Crippen LogP contribution in [0, 0.1) is 0 Å². The minimum Gasteiger partial charge on any atom is -0.351 e. The highest BCUT2D eigenvalue weighted by Gasteiger charge is 2.02. The van der Waals surface area contributed by atoms with Crippen LogP contribution in [0.3, 0.4) is 0 Å². The number of nitrogens with zero attached hydrogens (tertiary/aromatic N) is 1. The maximum absolute atomic E-state index is 3.88. The van der Waals surface area contributed by atoms with Crippen molar-refractivity contribution in [3.8, 4) is 0 Å². The molecule has 1 nitrogen and oxygen atoms in total. The molecule has 48 valence electrons. The predicted octanol–water partition coefficient (Wildman–Crippen LogP) is 1.91. The summed E-state index contributed by atoms with van der Waals surface area (Å²) in [5.74, 6) is 0. The van der Waals surface area contributed by atoms with Crippen molar-refractivity contribution in [2.24, 2.45) is 0 Å². The van der Waals surface area contributed by atoms with Crippen molar-refractivity contribution in [2.45, 2.75) is 6.92 Å². The maximum atomic E-state index is 3.88. The molecule has 0 aliphatic carbocycles. The lowest BCUT2D eigenvalue weighted by molar-refractivity contribution is 0.576. The molecular weight excluding hydrogens is 110 g/mol. The lowest BCUT2D eigenvalue weighted by atomic mass is 10.2. The lowest BCUT2D eigenvalue weighted by Gasteiger charge is -2.20. The summed E-state index contributed by atoms with van der Waals surface area (Å²) in [5, 5.41) is 0. The Morgan fingerprint density at radius 2 is 2.22 bits per heavy atom. The number of hydrogen-bond acceptors (Lipinski definition) is 1. The molecule has 0 spiro atoms. The molecule has 1 aliphatic heterocycles. The molecular formula is C8H11N. The van der Waals surface area contributed by atoms with Gasteiger partial charge in [-0.05, 0) is 18.6 Å². The summed E-state index contributed by atoms with van der Waals surface area (Å²) < 4.78 is 0. The summed E-state index contributed by atoms with van der Waals surface area (Å²) in [5.41, 5.74) is 2.32. The van der Waals surface area contributed by atoms with Crippen molar-refractivity contribution < 1.29 is 0 Å². The van der Waals surface area contributed by atoms with E-state index in [0.29, 0.717) is 0 Å². The van der Waals surface area contributed by atoms with Crippen LogP contribution in [0.2, 0.25) is 0 Å². The third kappa shape index (κ3) is 1.04. The van der Waals surface area contributed by atoms with Crippen molar-refractivity contribution in [1.29, 1.82) is 0 Å². The Hall–Kier alpha value is -0.980. The van der Waals surface area contributed by atoms with Crippen LogP contribution >= 0.6 is 0 Å². The second-order valence-electron chi connectivity index (χ2n) is 2.25. The monoisotopic (exact) mass is 121 g/mol. The van der Waals surface area contributed by atoms with Crippen LogP contribution in [0.4, 0.5) is 0 Å². The van der Waals surface area contributed by atoms with Crippen LogP contribution in [-0.4, -0.2) is 11.9 Å². The van der Waals surface area contributed by atoms with E-state index < -0.39 is 0 Å². The highest BCUT2D eigenvalue weighted by Crippen LogP contribution is 2.14. The summed E-state index contributed by atoms with van der Waals surface area (Å²) in [6.07, 6.45) is 6.07. The normalized spacial score (nSPS) is 18.2. The zero-order valence-corrected chi connectivity index (χ0v) is 5.89. The van der Waals surface area contributed by atoms with Crippen LogP contribution in [0.25, 0.3) is 0 Å². The van der Waals surface area contributed by atoms with Gasteiger partial charge in [-0.3, -0.25) is 0 Å². The van der Waals surface area contributed by atoms with Gasteiger partial charge in [-0.25, -0.2) is 0 Å². The van der Waals surface area contributed by atoms with E-state index in [2.05, 4.69) is 19.6 Å². The smallest absolute Gasteiger partial charge is 0.0360 e. The highest BCUT2D eigenvalue weighted by molar-refractivity contribution is 5.33. The first-order valence-electron chi connectivity index (χ1n) is 2.99. The van der Waals surface area contributed by atoms with Crippen molar-refractivity contribution in [3.63, 3.8) is 0 Å². The average molecular weight is 121 g/mol. The van der Waals surface area contributed by atoms with Gasteiger partial charge in [0, 0.05) is 18.9 Å². The minimum absolute atomic E-state index is 1.08. The molecule has 0 aromatic heterocycles. The van der Waals surface area contributed by atoms with E-state index in [1.54, 1.807) is 0 Å². The fourth-order valence-electron chi connectivity index (χ4n) is 0.781. The molecule has 0 aromatic carbocycles. The Kier molecular flexibility index (Phi) is 1.43. The topological polar surface area (TPSA) is 3.24 Å². The van der Waals surface area contributed by atoms with Gasteiger partial charge in [0.1, 0.15) is 0 Å². The molecule has 1 aliphatic rings. The SMILES string of the molecule is C=C1C(C)=CC=CN1C. The maximum Gasteiger partial charge on any atom is 0.0360 e. The molecule has 9 heavy (non-hydrogen) atoms. The van der Waals surface area contributed by atoms with Gasteiger partial charge in [0.05, 0.1) is 0 Å². The minimum atomic E-state index is 1.08. The molecule has 1 rings (SSSR count). The Labute approximate surface area is 56.0 Å². The summed E-state index contributed by atoms with van der Waals surface area (Å²) in [4.78, 5) is 2.01. The zero-order chi connectivity index (χ0) is 6.85. The second kappa shape index (κ2) is 2.09. The molecule has 0 unspecified atom stereocenters. The van der Waals surface area contributed by atoms with E-state index >= 15 is 0 Å². The van der Waals surface area contributed by atoms with Crippen LogP contribution in [0.15, 0.2) is 36.2 Å². The van der Waals surface area contributed by atoms with Crippen molar-refractivity contribution in [2.75, 3.05) is 7.05 Å². The molecule has 0 amide bonds. The quantitative estimate of drug-likeness (QED) is 0.473. The largest absolute Gasteiger partial charge is 0.351 e. The summed E-state index contributed by atoms with van der Waals surface area (Å²) in [6.45, 7) is 5.94. The molecule has 0 N–H and O–H groups in total. The van der Waals surface area contributed by atoms with Crippen LogP contribution in [-0.2, 0) is 0 Å². The summed E-state index contributed by atoms with van der Waals surface area (Å²) >= 11 is 0. The van der Waals surface area contributed by atoms with Crippen LogP contribution in [0.1, 0.15) is 6.92 Å². The van der Waals surface area contributed by atoms with Gasteiger partial charge in [-0.1, -0.05) is 12.7 Å². The fraction of sp³-hybridized carbons (Fsp3) is 0.250. The second-order valence-corrected chi connectivity index (χ2v) is 2.25. The molecule has 1 heteroatoms. The number of allylic oxidation sites excluding steroid dienone is 3. The van der Waals surface area contributed by atoms with E-state index in [9.17, 15) is 0 Å². The third-order valence-electron chi connectivity index (χ3n) is 1.54. The molecule has 0 fully saturated rings. The molecule has 0 saturated heterocycles. The van der Waals surface area contributed by atoms with Gasteiger partial charge in [0.2, 0.25) is 0 Å². The van der Waals surface area contributed by atoms with Gasteiger partial charge >= 0.3 is 0 Å². The zero-order valence-electron chi connectivity index (χ0n) is 5.89. The highest BCUT2D eigenvalue weighted by atomic mass is 15.1. The van der Waals surface area contributed by atoms with E-state index in [-0.39, 0.29) is 0 Å². The first kappa shape index (κ1) is 6.14. The van der Waals surface area contributed by atoms with Gasteiger partial charge in [-0.15, -0.1) is 0 Å². The standard InChI is InChI=1S/C8H11N/c1-7-5-4-6-9(3)8(7)2/h4-6H,2H2,1,3H3. The Balaban J connectivity index is 2.86. The summed E-state index contributed by atoms with van der Waals surface area (Å²) in [7, 11) is 2.00. The molecule has 0 saturated carbocycles. The predicted molar refractivity (Wildman–Crippen MR) is 39.8 cm³/mol. The molecule has 1 heterocycles. The van der Waals surface area contributed by atoms with E-state index in [4.69, 9.17) is 0 Å². The van der Waals surface area contributed by atoms with E-state index in [1.807, 2.05) is 24.2 Å². The van der Waals surface area contributed by atoms with Crippen molar-refractivity contribution >= 4 is 0 Å². The number of hydrogen-bond donors (Lipinski definition) is 0. The Bertz CT molecular complexity index is 187. The van der Waals surface area contributed by atoms with Crippen LogP contribution in [0.5, 0.6) is 0 Å².